The lowest BCUT2D eigenvalue weighted by Gasteiger charge is -2.03. The predicted molar refractivity (Wildman–Crippen MR) is 81.9 cm³/mol. The lowest BCUT2D eigenvalue weighted by Crippen LogP contribution is -2.22. The number of ether oxygens (including phenoxy) is 1. The highest BCUT2D eigenvalue weighted by Crippen LogP contribution is 2.16. The van der Waals surface area contributed by atoms with Gasteiger partial charge in [-0.3, -0.25) is 9.59 Å². The van der Waals surface area contributed by atoms with Gasteiger partial charge in [-0.05, 0) is 18.1 Å². The Morgan fingerprint density at radius 2 is 2.05 bits per heavy atom. The van der Waals surface area contributed by atoms with Gasteiger partial charge in [0.25, 0.3) is 0 Å². The number of hydrogen-bond acceptors (Lipinski definition) is 4. The van der Waals surface area contributed by atoms with Gasteiger partial charge in [-0.25, -0.2) is 0 Å². The number of rotatable bonds is 4. The molecule has 112 valence electrons. The highest BCUT2D eigenvalue weighted by molar-refractivity contribution is 7.16. The van der Waals surface area contributed by atoms with Gasteiger partial charge < -0.3 is 9.30 Å². The summed E-state index contributed by atoms with van der Waals surface area (Å²) in [6, 6.07) is 7.66. The van der Waals surface area contributed by atoms with E-state index in [-0.39, 0.29) is 24.3 Å². The summed E-state index contributed by atoms with van der Waals surface area (Å²) in [4.78, 5) is 28.2. The van der Waals surface area contributed by atoms with E-state index in [1.807, 2.05) is 38.1 Å². The fraction of sp³-hybridized carbons (Fsp3) is 0.400. The summed E-state index contributed by atoms with van der Waals surface area (Å²) in [5.41, 5.74) is 0.879. The molecule has 0 aliphatic heterocycles. The molecule has 2 aromatic rings. The average molecular weight is 306 g/mol. The van der Waals surface area contributed by atoms with Crippen molar-refractivity contribution in [3.05, 3.63) is 29.1 Å². The minimum atomic E-state index is -0.365. The van der Waals surface area contributed by atoms with E-state index in [0.29, 0.717) is 11.2 Å². The summed E-state index contributed by atoms with van der Waals surface area (Å²) in [6.07, 6.45) is 0.395. The maximum atomic E-state index is 11.9. The maximum Gasteiger partial charge on any atom is 0.325 e. The van der Waals surface area contributed by atoms with Crippen molar-refractivity contribution >= 4 is 33.4 Å². The Balaban J connectivity index is 2.51. The number of methoxy groups -OCH3 is 1. The van der Waals surface area contributed by atoms with Gasteiger partial charge in [-0.15, -0.1) is 0 Å². The molecule has 1 aromatic heterocycles. The Hall–Kier alpha value is -1.95. The Bertz CT molecular complexity index is 728. The molecule has 0 spiro atoms. The second-order valence-electron chi connectivity index (χ2n) is 5.12. The van der Waals surface area contributed by atoms with Crippen LogP contribution in [-0.4, -0.2) is 23.6 Å². The number of esters is 1. The third-order valence-electron chi connectivity index (χ3n) is 2.91. The van der Waals surface area contributed by atoms with Crippen LogP contribution in [-0.2, 0) is 20.9 Å². The summed E-state index contributed by atoms with van der Waals surface area (Å²) in [6.45, 7) is 4.00. The highest BCUT2D eigenvalue weighted by Gasteiger charge is 2.11. The topological polar surface area (TPSA) is 60.7 Å². The molecule has 5 nitrogen and oxygen atoms in total. The van der Waals surface area contributed by atoms with Crippen molar-refractivity contribution < 1.29 is 14.3 Å². The summed E-state index contributed by atoms with van der Waals surface area (Å²) in [5, 5.41) is 0. The molecule has 0 aliphatic carbocycles. The zero-order valence-corrected chi connectivity index (χ0v) is 13.1. The van der Waals surface area contributed by atoms with Gasteiger partial charge >= 0.3 is 5.97 Å². The van der Waals surface area contributed by atoms with Gasteiger partial charge in [0.1, 0.15) is 6.54 Å². The Morgan fingerprint density at radius 1 is 1.33 bits per heavy atom. The lowest BCUT2D eigenvalue weighted by atomic mass is 10.1. The van der Waals surface area contributed by atoms with E-state index in [1.54, 1.807) is 4.57 Å². The fourth-order valence-corrected chi connectivity index (χ4v) is 3.00. The smallest absolute Gasteiger partial charge is 0.325 e. The van der Waals surface area contributed by atoms with Gasteiger partial charge in [0.15, 0.2) is 4.80 Å². The molecule has 0 atom stereocenters. The maximum absolute atomic E-state index is 11.9. The number of hydrogen-bond donors (Lipinski definition) is 0. The summed E-state index contributed by atoms with van der Waals surface area (Å²) in [7, 11) is 1.35. The minimum absolute atomic E-state index is 0.0499. The van der Waals surface area contributed by atoms with Crippen molar-refractivity contribution in [1.82, 2.24) is 4.57 Å². The van der Waals surface area contributed by atoms with Crippen molar-refractivity contribution in [2.24, 2.45) is 10.9 Å². The molecule has 0 aliphatic rings. The summed E-state index contributed by atoms with van der Waals surface area (Å²) < 4.78 is 7.43. The molecule has 0 radical (unpaired) electrons. The van der Waals surface area contributed by atoms with Gasteiger partial charge in [0.05, 0.1) is 17.3 Å². The number of para-hydroxylation sites is 1. The van der Waals surface area contributed by atoms with Crippen molar-refractivity contribution in [1.29, 1.82) is 0 Å². The second kappa shape index (κ2) is 6.67. The lowest BCUT2D eigenvalue weighted by molar-refractivity contribution is -0.141. The minimum Gasteiger partial charge on any atom is -0.468 e. The molecule has 0 saturated carbocycles. The summed E-state index contributed by atoms with van der Waals surface area (Å²) >= 11 is 1.40. The molecule has 0 bridgehead atoms. The first-order valence-electron chi connectivity index (χ1n) is 6.74. The van der Waals surface area contributed by atoms with E-state index >= 15 is 0 Å². The monoisotopic (exact) mass is 306 g/mol. The van der Waals surface area contributed by atoms with Gasteiger partial charge in [0, 0.05) is 6.42 Å². The number of benzene rings is 1. The zero-order valence-electron chi connectivity index (χ0n) is 12.3. The molecule has 21 heavy (non-hydrogen) atoms. The first-order chi connectivity index (χ1) is 10.0. The van der Waals surface area contributed by atoms with Crippen LogP contribution < -0.4 is 4.80 Å². The molecule has 2 rings (SSSR count). The standard InChI is InChI=1S/C15H18N2O3S/c1-10(2)8-13(18)16-15-17(9-14(19)20-3)11-6-4-5-7-12(11)21-15/h4-7,10H,8-9H2,1-3H3. The predicted octanol–water partition coefficient (Wildman–Crippen LogP) is 2.35. The van der Waals surface area contributed by atoms with E-state index in [0.717, 1.165) is 10.2 Å². The molecule has 1 aromatic carbocycles. The molecular weight excluding hydrogens is 288 g/mol. The van der Waals surface area contributed by atoms with Crippen LogP contribution in [0.1, 0.15) is 20.3 Å². The van der Waals surface area contributed by atoms with Gasteiger partial charge in [-0.2, -0.15) is 4.99 Å². The zero-order chi connectivity index (χ0) is 15.4. The molecule has 1 heterocycles. The number of nitrogens with zero attached hydrogens (tertiary/aromatic N) is 2. The highest BCUT2D eigenvalue weighted by atomic mass is 32.1. The SMILES string of the molecule is COC(=O)Cn1c(=NC(=O)CC(C)C)sc2ccccc21. The normalized spacial score (nSPS) is 12.1. The Labute approximate surface area is 126 Å². The number of fused-ring (bicyclic) bond motifs is 1. The van der Waals surface area contributed by atoms with Crippen molar-refractivity contribution in [2.45, 2.75) is 26.8 Å². The first kappa shape index (κ1) is 15.4. The molecule has 0 saturated heterocycles. The number of carbonyl (C=O) groups excluding carboxylic acids is 2. The third-order valence-corrected chi connectivity index (χ3v) is 3.97. The molecule has 0 fully saturated rings. The van der Waals surface area contributed by atoms with Crippen molar-refractivity contribution in [2.75, 3.05) is 7.11 Å². The summed E-state index contributed by atoms with van der Waals surface area (Å²) in [5.74, 6) is -0.281. The average Bonchev–Trinajstić information content (AvgIpc) is 2.75. The number of aromatic nitrogens is 1. The van der Waals surface area contributed by atoms with Crippen molar-refractivity contribution in [3.8, 4) is 0 Å². The molecule has 0 N–H and O–H groups in total. The molecule has 6 heteroatoms. The van der Waals surface area contributed by atoms with Crippen LogP contribution in [0.15, 0.2) is 29.3 Å². The van der Waals surface area contributed by atoms with E-state index in [1.165, 1.54) is 18.4 Å². The van der Waals surface area contributed by atoms with Crippen LogP contribution >= 0.6 is 11.3 Å². The van der Waals surface area contributed by atoms with Crippen LogP contribution in [0.4, 0.5) is 0 Å². The Kier molecular flexibility index (Phi) is 4.90. The van der Waals surface area contributed by atoms with Gasteiger partial charge in [0.2, 0.25) is 5.91 Å². The quantitative estimate of drug-likeness (QED) is 0.815. The van der Waals surface area contributed by atoms with Crippen LogP contribution in [0.2, 0.25) is 0 Å². The molecule has 0 unspecified atom stereocenters. The van der Waals surface area contributed by atoms with E-state index in [9.17, 15) is 9.59 Å². The fourth-order valence-electron chi connectivity index (χ4n) is 1.95. The van der Waals surface area contributed by atoms with Gasteiger partial charge in [-0.1, -0.05) is 37.3 Å². The Morgan fingerprint density at radius 3 is 2.71 bits per heavy atom. The second-order valence-corrected chi connectivity index (χ2v) is 6.13. The van der Waals surface area contributed by atoms with Crippen LogP contribution in [0, 0.1) is 5.92 Å². The van der Waals surface area contributed by atoms with E-state index in [4.69, 9.17) is 4.74 Å². The largest absolute Gasteiger partial charge is 0.468 e. The number of amides is 1. The van der Waals surface area contributed by atoms with E-state index in [2.05, 4.69) is 4.99 Å². The molecule has 1 amide bonds. The number of thiazole rings is 1. The van der Waals surface area contributed by atoms with Crippen molar-refractivity contribution in [3.63, 3.8) is 0 Å². The first-order valence-corrected chi connectivity index (χ1v) is 7.55. The van der Waals surface area contributed by atoms with Crippen LogP contribution in [0.25, 0.3) is 10.2 Å². The third kappa shape index (κ3) is 3.78. The van der Waals surface area contributed by atoms with Crippen LogP contribution in [0.5, 0.6) is 0 Å². The van der Waals surface area contributed by atoms with E-state index < -0.39 is 0 Å². The number of carbonyl (C=O) groups is 2. The van der Waals surface area contributed by atoms with Crippen LogP contribution in [0.3, 0.4) is 0 Å². The molecular formula is C15H18N2O3S.